The number of aromatic carboxylic acids is 1. The summed E-state index contributed by atoms with van der Waals surface area (Å²) >= 11 is 1.53. The first-order chi connectivity index (χ1) is 9.13. The molecular formula is C15H15NO2S. The van der Waals surface area contributed by atoms with E-state index in [4.69, 9.17) is 5.11 Å². The van der Waals surface area contributed by atoms with Crippen molar-refractivity contribution >= 4 is 17.3 Å². The van der Waals surface area contributed by atoms with Gasteiger partial charge in [-0.3, -0.25) is 0 Å². The highest BCUT2D eigenvalue weighted by Crippen LogP contribution is 2.50. The van der Waals surface area contributed by atoms with Crippen LogP contribution in [0.4, 0.5) is 0 Å². The molecule has 1 N–H and O–H groups in total. The van der Waals surface area contributed by atoms with E-state index in [1.165, 1.54) is 23.3 Å². The van der Waals surface area contributed by atoms with Crippen molar-refractivity contribution in [1.82, 2.24) is 4.98 Å². The maximum atomic E-state index is 11.1. The monoisotopic (exact) mass is 273 g/mol. The summed E-state index contributed by atoms with van der Waals surface area (Å²) in [6.07, 6.45) is 3.29. The van der Waals surface area contributed by atoms with Crippen molar-refractivity contribution < 1.29 is 9.90 Å². The number of benzene rings is 1. The van der Waals surface area contributed by atoms with Crippen molar-refractivity contribution in [3.05, 3.63) is 51.5 Å². The molecule has 2 aromatic rings. The fourth-order valence-corrected chi connectivity index (χ4v) is 3.89. The van der Waals surface area contributed by atoms with E-state index in [1.54, 1.807) is 0 Å². The molecule has 98 valence electrons. The molecule has 19 heavy (non-hydrogen) atoms. The second kappa shape index (κ2) is 4.46. The molecule has 3 nitrogen and oxygen atoms in total. The molecule has 0 amide bonds. The van der Waals surface area contributed by atoms with Gasteiger partial charge in [0.05, 0.1) is 0 Å². The third-order valence-corrected chi connectivity index (χ3v) is 5.12. The summed E-state index contributed by atoms with van der Waals surface area (Å²) in [5.41, 5.74) is 1.42. The molecular weight excluding hydrogens is 258 g/mol. The first kappa shape index (κ1) is 12.4. The third-order valence-electron chi connectivity index (χ3n) is 3.94. The predicted octanol–water partition coefficient (Wildman–Crippen LogP) is 3.62. The highest BCUT2D eigenvalue weighted by Gasteiger charge is 2.43. The van der Waals surface area contributed by atoms with Gasteiger partial charge >= 0.3 is 5.97 Å². The van der Waals surface area contributed by atoms with Crippen molar-refractivity contribution in [1.29, 1.82) is 0 Å². The van der Waals surface area contributed by atoms with Gasteiger partial charge in [-0.25, -0.2) is 9.78 Å². The topological polar surface area (TPSA) is 50.2 Å². The fraction of sp³-hybridized carbons (Fsp3) is 0.333. The number of carboxylic acids is 1. The lowest BCUT2D eigenvalue weighted by Crippen LogP contribution is -2.35. The van der Waals surface area contributed by atoms with Gasteiger partial charge in [0, 0.05) is 10.3 Å². The molecule has 0 radical (unpaired) electrons. The van der Waals surface area contributed by atoms with Crippen LogP contribution in [0.3, 0.4) is 0 Å². The summed E-state index contributed by atoms with van der Waals surface area (Å²) in [7, 11) is 0. The van der Waals surface area contributed by atoms with Gasteiger partial charge in [0.25, 0.3) is 0 Å². The fourth-order valence-electron chi connectivity index (χ4n) is 2.71. The van der Waals surface area contributed by atoms with Crippen molar-refractivity contribution in [3.8, 4) is 0 Å². The van der Waals surface area contributed by atoms with Crippen LogP contribution in [0, 0.1) is 6.92 Å². The zero-order valence-electron chi connectivity index (χ0n) is 10.7. The number of carbonyl (C=O) groups is 1. The minimum Gasteiger partial charge on any atom is -0.476 e. The Balaban J connectivity index is 2.08. The van der Waals surface area contributed by atoms with Crippen LogP contribution in [-0.4, -0.2) is 16.1 Å². The number of thiazole rings is 1. The standard InChI is InChI=1S/C15H15NO2S/c1-10-12(13(17)18)16-14(19-10)15(8-5-9-15)11-6-3-2-4-7-11/h2-4,6-7H,5,8-9H2,1H3,(H,17,18). The number of nitrogens with zero attached hydrogens (tertiary/aromatic N) is 1. The van der Waals surface area contributed by atoms with Gasteiger partial charge in [0.2, 0.25) is 0 Å². The van der Waals surface area contributed by atoms with Gasteiger partial charge in [-0.2, -0.15) is 0 Å². The van der Waals surface area contributed by atoms with Gasteiger partial charge in [-0.1, -0.05) is 36.8 Å². The Morgan fingerprint density at radius 2 is 2.00 bits per heavy atom. The molecule has 0 atom stereocenters. The Hall–Kier alpha value is -1.68. The molecule has 1 heterocycles. The quantitative estimate of drug-likeness (QED) is 0.929. The molecule has 3 rings (SSSR count). The van der Waals surface area contributed by atoms with E-state index in [2.05, 4.69) is 17.1 Å². The molecule has 1 saturated carbocycles. The molecule has 0 unspecified atom stereocenters. The van der Waals surface area contributed by atoms with Crippen LogP contribution in [-0.2, 0) is 5.41 Å². The number of aromatic nitrogens is 1. The largest absolute Gasteiger partial charge is 0.476 e. The van der Waals surface area contributed by atoms with Crippen LogP contribution < -0.4 is 0 Å². The second-order valence-corrected chi connectivity index (χ2v) is 6.23. The smallest absolute Gasteiger partial charge is 0.355 e. The van der Waals surface area contributed by atoms with Gasteiger partial charge in [-0.15, -0.1) is 11.3 Å². The SMILES string of the molecule is Cc1sc(C2(c3ccccc3)CCC2)nc1C(=O)O. The average Bonchev–Trinajstić information content (AvgIpc) is 2.72. The van der Waals surface area contributed by atoms with Crippen LogP contribution in [0.15, 0.2) is 30.3 Å². The first-order valence-corrected chi connectivity index (χ1v) is 7.22. The van der Waals surface area contributed by atoms with E-state index in [1.807, 2.05) is 25.1 Å². The lowest BCUT2D eigenvalue weighted by Gasteiger charge is -2.40. The molecule has 0 spiro atoms. The van der Waals surface area contributed by atoms with E-state index in [-0.39, 0.29) is 11.1 Å². The number of aryl methyl sites for hydroxylation is 1. The van der Waals surface area contributed by atoms with E-state index < -0.39 is 5.97 Å². The highest BCUT2D eigenvalue weighted by molar-refractivity contribution is 7.12. The van der Waals surface area contributed by atoms with Crippen molar-refractivity contribution in [2.45, 2.75) is 31.6 Å². The van der Waals surface area contributed by atoms with Crippen molar-refractivity contribution in [3.63, 3.8) is 0 Å². The molecule has 1 aliphatic rings. The molecule has 4 heteroatoms. The number of hydrogen-bond acceptors (Lipinski definition) is 3. The van der Waals surface area contributed by atoms with Crippen LogP contribution >= 0.6 is 11.3 Å². The molecule has 0 bridgehead atoms. The Morgan fingerprint density at radius 1 is 1.32 bits per heavy atom. The van der Waals surface area contributed by atoms with Gasteiger partial charge in [0.15, 0.2) is 5.69 Å². The average molecular weight is 273 g/mol. The summed E-state index contributed by atoms with van der Waals surface area (Å²) < 4.78 is 0. The summed E-state index contributed by atoms with van der Waals surface area (Å²) in [5, 5.41) is 10.1. The summed E-state index contributed by atoms with van der Waals surface area (Å²) in [6.45, 7) is 1.84. The lowest BCUT2D eigenvalue weighted by atomic mass is 9.65. The molecule has 1 aliphatic carbocycles. The normalized spacial score (nSPS) is 16.9. The van der Waals surface area contributed by atoms with Gasteiger partial charge < -0.3 is 5.11 Å². The Bertz CT molecular complexity index is 614. The highest BCUT2D eigenvalue weighted by atomic mass is 32.1. The van der Waals surface area contributed by atoms with Crippen LogP contribution in [0.1, 0.15) is 45.2 Å². The van der Waals surface area contributed by atoms with Crippen molar-refractivity contribution in [2.75, 3.05) is 0 Å². The minimum atomic E-state index is -0.928. The van der Waals surface area contributed by atoms with Crippen LogP contribution in [0.25, 0.3) is 0 Å². The van der Waals surface area contributed by atoms with E-state index in [0.29, 0.717) is 0 Å². The third kappa shape index (κ3) is 1.87. The Kier molecular flexibility index (Phi) is 2.90. The van der Waals surface area contributed by atoms with Crippen molar-refractivity contribution in [2.24, 2.45) is 0 Å². The molecule has 1 aromatic carbocycles. The lowest BCUT2D eigenvalue weighted by molar-refractivity contribution is 0.0690. The second-order valence-electron chi connectivity index (χ2n) is 5.03. The summed E-state index contributed by atoms with van der Waals surface area (Å²) in [4.78, 5) is 16.3. The zero-order valence-corrected chi connectivity index (χ0v) is 11.5. The van der Waals surface area contributed by atoms with E-state index in [9.17, 15) is 4.79 Å². The molecule has 0 aliphatic heterocycles. The molecule has 1 aromatic heterocycles. The van der Waals surface area contributed by atoms with E-state index >= 15 is 0 Å². The number of carboxylic acid groups (broad SMARTS) is 1. The first-order valence-electron chi connectivity index (χ1n) is 6.40. The van der Waals surface area contributed by atoms with Crippen LogP contribution in [0.5, 0.6) is 0 Å². The Labute approximate surface area is 115 Å². The minimum absolute atomic E-state index is 0.0512. The maximum Gasteiger partial charge on any atom is 0.355 e. The predicted molar refractivity (Wildman–Crippen MR) is 74.9 cm³/mol. The zero-order chi connectivity index (χ0) is 13.5. The van der Waals surface area contributed by atoms with E-state index in [0.717, 1.165) is 22.7 Å². The van der Waals surface area contributed by atoms with Gasteiger partial charge in [-0.05, 0) is 25.3 Å². The Morgan fingerprint density at radius 3 is 2.47 bits per heavy atom. The number of hydrogen-bond donors (Lipinski definition) is 1. The van der Waals surface area contributed by atoms with Gasteiger partial charge in [0.1, 0.15) is 5.01 Å². The molecule has 0 saturated heterocycles. The summed E-state index contributed by atoms with van der Waals surface area (Å²) in [6, 6.07) is 10.3. The summed E-state index contributed by atoms with van der Waals surface area (Å²) in [5.74, 6) is -0.928. The molecule has 1 fully saturated rings. The van der Waals surface area contributed by atoms with Crippen LogP contribution in [0.2, 0.25) is 0 Å². The maximum absolute atomic E-state index is 11.1. The number of rotatable bonds is 3.